The molecule has 4 N–H and O–H groups in total. The number of nitrogens with one attached hydrogen (secondary N) is 1. The minimum Gasteiger partial charge on any atom is -0.391 e. The number of nitrogens with two attached hydrogens (primary N) is 1. The summed E-state index contributed by atoms with van der Waals surface area (Å²) in [5.74, 6) is 0.0861. The van der Waals surface area contributed by atoms with E-state index in [-0.39, 0.29) is 11.9 Å². The molecule has 1 atom stereocenters. The van der Waals surface area contributed by atoms with Gasteiger partial charge in [0.2, 0.25) is 0 Å². The molecule has 4 nitrogen and oxygen atoms in total. The van der Waals surface area contributed by atoms with Gasteiger partial charge in [0.15, 0.2) is 0 Å². The van der Waals surface area contributed by atoms with Crippen LogP contribution >= 0.6 is 0 Å². The van der Waals surface area contributed by atoms with Crippen LogP contribution in [0, 0.1) is 5.41 Å². The second kappa shape index (κ2) is 3.90. The number of nitrogens with zero attached hydrogens (tertiary/aromatic N) is 1. The molecule has 15 heavy (non-hydrogen) atoms. The minimum atomic E-state index is -0.211. The Morgan fingerprint density at radius 1 is 1.40 bits per heavy atom. The molecule has 0 aromatic heterocycles. The van der Waals surface area contributed by atoms with Gasteiger partial charge >= 0.3 is 0 Å². The van der Waals surface area contributed by atoms with E-state index in [9.17, 15) is 5.11 Å². The van der Waals surface area contributed by atoms with E-state index in [2.05, 4.69) is 4.90 Å². The maximum atomic E-state index is 9.41. The molecule has 80 valence electrons. The van der Waals surface area contributed by atoms with E-state index in [1.165, 1.54) is 0 Å². The summed E-state index contributed by atoms with van der Waals surface area (Å²) in [6, 6.07) is 7.55. The third-order valence-corrected chi connectivity index (χ3v) is 2.71. The van der Waals surface area contributed by atoms with Gasteiger partial charge in [0, 0.05) is 24.3 Å². The van der Waals surface area contributed by atoms with Crippen molar-refractivity contribution in [1.29, 1.82) is 5.41 Å². The summed E-state index contributed by atoms with van der Waals surface area (Å²) in [5.41, 5.74) is 7.18. The molecule has 0 spiro atoms. The van der Waals surface area contributed by atoms with Crippen molar-refractivity contribution in [3.05, 3.63) is 29.8 Å². The summed E-state index contributed by atoms with van der Waals surface area (Å²) in [6.07, 6.45) is 0.617. The van der Waals surface area contributed by atoms with Gasteiger partial charge < -0.3 is 15.7 Å². The second-order valence-electron chi connectivity index (χ2n) is 3.85. The molecule has 2 rings (SSSR count). The van der Waals surface area contributed by atoms with E-state index in [4.69, 9.17) is 11.1 Å². The van der Waals surface area contributed by atoms with Gasteiger partial charge in [-0.2, -0.15) is 0 Å². The largest absolute Gasteiger partial charge is 0.391 e. The van der Waals surface area contributed by atoms with Crippen LogP contribution in [0.15, 0.2) is 24.3 Å². The molecule has 1 aliphatic rings. The van der Waals surface area contributed by atoms with Crippen molar-refractivity contribution in [2.45, 2.75) is 12.5 Å². The van der Waals surface area contributed by atoms with E-state index in [1.54, 1.807) is 0 Å². The molecular formula is C11H15N3O. The molecular weight excluding hydrogens is 190 g/mol. The van der Waals surface area contributed by atoms with Crippen LogP contribution in [0.5, 0.6) is 0 Å². The molecule has 1 aromatic carbocycles. The highest BCUT2D eigenvalue weighted by molar-refractivity contribution is 5.95. The average molecular weight is 205 g/mol. The first-order chi connectivity index (χ1) is 7.16. The predicted molar refractivity (Wildman–Crippen MR) is 60.3 cm³/mol. The lowest BCUT2D eigenvalue weighted by Gasteiger charge is -2.17. The Labute approximate surface area is 88.8 Å². The van der Waals surface area contributed by atoms with Gasteiger partial charge in [0.25, 0.3) is 0 Å². The van der Waals surface area contributed by atoms with Gasteiger partial charge in [-0.25, -0.2) is 0 Å². The van der Waals surface area contributed by atoms with E-state index in [0.29, 0.717) is 6.54 Å². The van der Waals surface area contributed by atoms with Gasteiger partial charge in [0.1, 0.15) is 5.84 Å². The number of aliphatic hydroxyl groups is 1. The molecule has 1 saturated heterocycles. The fourth-order valence-corrected chi connectivity index (χ4v) is 1.83. The lowest BCUT2D eigenvalue weighted by Crippen LogP contribution is -2.21. The Kier molecular flexibility index (Phi) is 2.60. The first-order valence-electron chi connectivity index (χ1n) is 5.04. The van der Waals surface area contributed by atoms with Crippen LogP contribution in [0.3, 0.4) is 0 Å². The van der Waals surface area contributed by atoms with Gasteiger partial charge in [-0.15, -0.1) is 0 Å². The molecule has 0 bridgehead atoms. The fraction of sp³-hybridized carbons (Fsp3) is 0.364. The number of aliphatic hydroxyl groups excluding tert-OH is 1. The first-order valence-corrected chi connectivity index (χ1v) is 5.04. The third-order valence-electron chi connectivity index (χ3n) is 2.71. The smallest absolute Gasteiger partial charge is 0.122 e. The summed E-state index contributed by atoms with van der Waals surface area (Å²) in [7, 11) is 0. The summed E-state index contributed by atoms with van der Waals surface area (Å²) in [4.78, 5) is 2.13. The normalized spacial score (nSPS) is 20.6. The van der Waals surface area contributed by atoms with Crippen molar-refractivity contribution in [3.63, 3.8) is 0 Å². The number of rotatable bonds is 2. The van der Waals surface area contributed by atoms with Crippen molar-refractivity contribution < 1.29 is 5.11 Å². The molecule has 0 saturated carbocycles. The molecule has 0 radical (unpaired) electrons. The number of hydrogen-bond acceptors (Lipinski definition) is 3. The lowest BCUT2D eigenvalue weighted by molar-refractivity contribution is 0.198. The zero-order valence-corrected chi connectivity index (χ0v) is 8.48. The molecule has 1 unspecified atom stereocenters. The maximum absolute atomic E-state index is 9.41. The Hall–Kier alpha value is -1.55. The van der Waals surface area contributed by atoms with Gasteiger partial charge in [-0.1, -0.05) is 0 Å². The summed E-state index contributed by atoms with van der Waals surface area (Å²) < 4.78 is 0. The number of nitrogen functional groups attached to an aromatic ring is 1. The van der Waals surface area contributed by atoms with Gasteiger partial charge in [-0.05, 0) is 30.7 Å². The van der Waals surface area contributed by atoms with Crippen molar-refractivity contribution in [1.82, 2.24) is 0 Å². The van der Waals surface area contributed by atoms with Crippen LogP contribution < -0.4 is 10.6 Å². The molecule has 0 amide bonds. The topological polar surface area (TPSA) is 73.3 Å². The fourth-order valence-electron chi connectivity index (χ4n) is 1.83. The highest BCUT2D eigenvalue weighted by Crippen LogP contribution is 2.20. The quantitative estimate of drug-likeness (QED) is 0.487. The van der Waals surface area contributed by atoms with Crippen LogP contribution in [0.2, 0.25) is 0 Å². The van der Waals surface area contributed by atoms with Crippen molar-refractivity contribution >= 4 is 11.5 Å². The molecule has 1 aliphatic heterocycles. The first kappa shape index (κ1) is 9.98. The molecule has 4 heteroatoms. The van der Waals surface area contributed by atoms with Gasteiger partial charge in [-0.3, -0.25) is 5.41 Å². The lowest BCUT2D eigenvalue weighted by atomic mass is 10.2. The Bertz CT molecular complexity index is 361. The number of hydrogen-bond donors (Lipinski definition) is 3. The van der Waals surface area contributed by atoms with Crippen molar-refractivity contribution in [2.24, 2.45) is 5.73 Å². The van der Waals surface area contributed by atoms with Crippen LogP contribution in [0.25, 0.3) is 0 Å². The number of β-amino-alcohol motifs (C(OH)–C–C–N with tert-alkyl or cyclic N) is 1. The van der Waals surface area contributed by atoms with Crippen molar-refractivity contribution in [2.75, 3.05) is 18.0 Å². The van der Waals surface area contributed by atoms with Crippen molar-refractivity contribution in [3.8, 4) is 0 Å². The minimum absolute atomic E-state index is 0.0861. The summed E-state index contributed by atoms with van der Waals surface area (Å²) >= 11 is 0. The number of benzene rings is 1. The van der Waals surface area contributed by atoms with Crippen LogP contribution in [-0.4, -0.2) is 30.1 Å². The molecule has 1 fully saturated rings. The standard InChI is InChI=1S/C11H15N3O/c12-11(13)8-1-3-9(4-2-8)14-6-5-10(15)7-14/h1-4,10,15H,5-7H2,(H3,12,13). The molecule has 1 heterocycles. The Balaban J connectivity index is 2.13. The monoisotopic (exact) mass is 205 g/mol. The highest BCUT2D eigenvalue weighted by Gasteiger charge is 2.20. The molecule has 1 aromatic rings. The Morgan fingerprint density at radius 2 is 2.07 bits per heavy atom. The number of anilines is 1. The summed E-state index contributed by atoms with van der Waals surface area (Å²) in [5, 5.41) is 16.7. The van der Waals surface area contributed by atoms with E-state index < -0.39 is 0 Å². The van der Waals surface area contributed by atoms with E-state index in [0.717, 1.165) is 24.2 Å². The zero-order chi connectivity index (χ0) is 10.8. The van der Waals surface area contributed by atoms with Crippen LogP contribution in [0.1, 0.15) is 12.0 Å². The van der Waals surface area contributed by atoms with Crippen LogP contribution in [-0.2, 0) is 0 Å². The number of amidine groups is 1. The summed E-state index contributed by atoms with van der Waals surface area (Å²) in [6.45, 7) is 1.58. The second-order valence-corrected chi connectivity index (χ2v) is 3.85. The van der Waals surface area contributed by atoms with E-state index >= 15 is 0 Å². The van der Waals surface area contributed by atoms with Gasteiger partial charge in [0.05, 0.1) is 6.10 Å². The highest BCUT2D eigenvalue weighted by atomic mass is 16.3. The average Bonchev–Trinajstić information content (AvgIpc) is 2.65. The SMILES string of the molecule is N=C(N)c1ccc(N2CCC(O)C2)cc1. The third kappa shape index (κ3) is 2.10. The predicted octanol–water partition coefficient (Wildman–Crippen LogP) is 0.542. The van der Waals surface area contributed by atoms with E-state index in [1.807, 2.05) is 24.3 Å². The zero-order valence-electron chi connectivity index (χ0n) is 8.48. The Morgan fingerprint density at radius 3 is 2.53 bits per heavy atom. The maximum Gasteiger partial charge on any atom is 0.122 e. The molecule has 0 aliphatic carbocycles. The van der Waals surface area contributed by atoms with Crippen LogP contribution in [0.4, 0.5) is 5.69 Å².